The van der Waals surface area contributed by atoms with Crippen LogP contribution in [0, 0.1) is 0 Å². The predicted molar refractivity (Wildman–Crippen MR) is 188 cm³/mol. The second-order valence-corrected chi connectivity index (χ2v) is 13.3. The Bertz CT molecular complexity index is 1610. The number of aliphatic hydroxyl groups excluding tert-OH is 7. The molecule has 0 aliphatic carbocycles. The van der Waals surface area contributed by atoms with Crippen molar-refractivity contribution in [3.8, 4) is 23.0 Å². The zero-order valence-corrected chi connectivity index (χ0v) is 31.1. The fourth-order valence-corrected chi connectivity index (χ4v) is 6.41. The largest absolute Gasteiger partial charge is 0.504 e. The van der Waals surface area contributed by atoms with Gasteiger partial charge in [0.25, 0.3) is 0 Å². The van der Waals surface area contributed by atoms with Gasteiger partial charge in [0.05, 0.1) is 47.3 Å². The summed E-state index contributed by atoms with van der Waals surface area (Å²) < 4.78 is 56.4. The molecule has 0 saturated carbocycles. The molecule has 0 amide bonds. The van der Waals surface area contributed by atoms with Gasteiger partial charge >= 0.3 is 5.97 Å². The maximum Gasteiger partial charge on any atom is 0.331 e. The Morgan fingerprint density at radius 2 is 1.48 bits per heavy atom. The van der Waals surface area contributed by atoms with Crippen LogP contribution in [0.1, 0.15) is 18.1 Å². The molecule has 14 atom stereocenters. The standard InChI is InChI=1S/C37H50O19/c1-17-27(42)29(44)34(56-35-30(45)28(43)21(40)16-51-35)37(52-17)55-33-31(46)36(50-12-11-19-5-8-20(39)23(13-19)48-3)53-25(15-38)32(33)54-26(41)10-7-18-6-9-22(47-2)24(14-18)49-4/h5-10,13-14,17,21,25,27-40,42-46H,11-12,15-16H2,1-4H3. The van der Waals surface area contributed by atoms with E-state index in [1.807, 2.05) is 0 Å². The first-order valence-electron chi connectivity index (χ1n) is 17.8. The molecule has 3 aliphatic rings. The van der Waals surface area contributed by atoms with Crippen LogP contribution in [-0.4, -0.2) is 174 Å². The van der Waals surface area contributed by atoms with Gasteiger partial charge < -0.3 is 88.2 Å². The smallest absolute Gasteiger partial charge is 0.331 e. The number of ether oxygens (including phenoxy) is 10. The summed E-state index contributed by atoms with van der Waals surface area (Å²) in [4.78, 5) is 13.3. The van der Waals surface area contributed by atoms with Gasteiger partial charge in [-0.15, -0.1) is 0 Å². The van der Waals surface area contributed by atoms with E-state index in [4.69, 9.17) is 47.4 Å². The van der Waals surface area contributed by atoms with E-state index in [1.165, 1.54) is 40.4 Å². The van der Waals surface area contributed by atoms with Gasteiger partial charge in [-0.1, -0.05) is 12.1 Å². The zero-order chi connectivity index (χ0) is 40.7. The van der Waals surface area contributed by atoms with Gasteiger partial charge in [-0.25, -0.2) is 4.79 Å². The minimum absolute atomic E-state index is 0.0578. The van der Waals surface area contributed by atoms with Gasteiger partial charge in [0.1, 0.15) is 54.9 Å². The van der Waals surface area contributed by atoms with Crippen molar-refractivity contribution in [1.82, 2.24) is 0 Å². The van der Waals surface area contributed by atoms with Crippen LogP contribution < -0.4 is 14.2 Å². The SMILES string of the molecule is COc1cc(CCOC2OC(CO)C(OC(=O)C=Cc3ccc(OC)c(OC)c3)C(OC3OC(C)C(O)C(O)C3OC3OCC(O)C(O)C3O)C2O)ccc1O. The average molecular weight is 799 g/mol. The van der Waals surface area contributed by atoms with Crippen LogP contribution in [0.3, 0.4) is 0 Å². The number of hydrogen-bond donors (Lipinski definition) is 8. The third kappa shape index (κ3) is 10.1. The highest BCUT2D eigenvalue weighted by atomic mass is 16.8. The molecule has 2 aromatic carbocycles. The number of carbonyl (C=O) groups excluding carboxylic acids is 1. The first-order chi connectivity index (χ1) is 26.8. The van der Waals surface area contributed by atoms with E-state index < -0.39 is 105 Å². The number of phenols is 1. The van der Waals surface area contributed by atoms with Crippen LogP contribution >= 0.6 is 0 Å². The third-order valence-electron chi connectivity index (χ3n) is 9.60. The Balaban J connectivity index is 1.40. The topological polar surface area (TPSA) is 271 Å². The maximum absolute atomic E-state index is 13.3. The number of aliphatic hydroxyl groups is 7. The highest BCUT2D eigenvalue weighted by Gasteiger charge is 2.54. The molecular formula is C37H50O19. The van der Waals surface area contributed by atoms with Crippen LogP contribution in [0.15, 0.2) is 42.5 Å². The molecule has 3 heterocycles. The summed E-state index contributed by atoms with van der Waals surface area (Å²) >= 11 is 0. The molecule has 14 unspecified atom stereocenters. The second kappa shape index (κ2) is 19.7. The highest BCUT2D eigenvalue weighted by molar-refractivity contribution is 5.87. The van der Waals surface area contributed by atoms with Gasteiger partial charge in [-0.3, -0.25) is 0 Å². The minimum atomic E-state index is -1.80. The number of benzene rings is 2. The molecule has 0 aromatic heterocycles. The lowest BCUT2D eigenvalue weighted by atomic mass is 9.96. The van der Waals surface area contributed by atoms with E-state index in [2.05, 4.69) is 0 Å². The van der Waals surface area contributed by atoms with Gasteiger partial charge in [-0.05, 0) is 54.8 Å². The predicted octanol–water partition coefficient (Wildman–Crippen LogP) is -1.64. The Morgan fingerprint density at radius 3 is 2.18 bits per heavy atom. The summed E-state index contributed by atoms with van der Waals surface area (Å²) in [6.45, 7) is 0.158. The number of hydrogen-bond acceptors (Lipinski definition) is 19. The molecule has 0 bridgehead atoms. The lowest BCUT2D eigenvalue weighted by Crippen LogP contribution is -2.66. The van der Waals surface area contributed by atoms with Crippen LogP contribution in [0.5, 0.6) is 23.0 Å². The molecule has 8 N–H and O–H groups in total. The van der Waals surface area contributed by atoms with Gasteiger partial charge in [0.2, 0.25) is 0 Å². The first kappa shape index (κ1) is 43.5. The molecule has 19 heteroatoms. The molecule has 3 saturated heterocycles. The molecule has 312 valence electrons. The Labute approximate surface area is 322 Å². The number of carbonyl (C=O) groups is 1. The van der Waals surface area contributed by atoms with Crippen LogP contribution in [0.4, 0.5) is 0 Å². The molecule has 56 heavy (non-hydrogen) atoms. The average Bonchev–Trinajstić information content (AvgIpc) is 3.19. The Kier molecular flexibility index (Phi) is 15.3. The fourth-order valence-electron chi connectivity index (χ4n) is 6.41. The molecule has 3 aliphatic heterocycles. The summed E-state index contributed by atoms with van der Waals surface area (Å²) in [5, 5.41) is 84.6. The summed E-state index contributed by atoms with van der Waals surface area (Å²) in [7, 11) is 4.33. The number of esters is 1. The summed E-state index contributed by atoms with van der Waals surface area (Å²) in [6, 6.07) is 9.58. The Hall–Kier alpha value is -3.67. The molecule has 19 nitrogen and oxygen atoms in total. The number of aromatic hydroxyl groups is 1. The summed E-state index contributed by atoms with van der Waals surface area (Å²) in [6.07, 6.45) is -19.4. The lowest BCUT2D eigenvalue weighted by Gasteiger charge is -2.48. The van der Waals surface area contributed by atoms with E-state index in [1.54, 1.807) is 30.3 Å². The molecule has 0 radical (unpaired) electrons. The van der Waals surface area contributed by atoms with E-state index in [0.717, 1.165) is 6.08 Å². The van der Waals surface area contributed by atoms with Crippen molar-refractivity contribution >= 4 is 12.0 Å². The summed E-state index contributed by atoms with van der Waals surface area (Å²) in [5.74, 6) is 0.0892. The quantitative estimate of drug-likeness (QED) is 0.0741. The van der Waals surface area contributed by atoms with E-state index in [0.29, 0.717) is 22.6 Å². The van der Waals surface area contributed by atoms with Gasteiger partial charge in [0, 0.05) is 6.08 Å². The van der Waals surface area contributed by atoms with Crippen molar-refractivity contribution in [3.05, 3.63) is 53.6 Å². The Morgan fingerprint density at radius 1 is 0.768 bits per heavy atom. The third-order valence-corrected chi connectivity index (χ3v) is 9.60. The molecular weight excluding hydrogens is 748 g/mol. The summed E-state index contributed by atoms with van der Waals surface area (Å²) in [5.41, 5.74) is 1.24. The van der Waals surface area contributed by atoms with Crippen molar-refractivity contribution in [2.24, 2.45) is 0 Å². The van der Waals surface area contributed by atoms with Crippen LogP contribution in [-0.2, 0) is 44.4 Å². The number of phenolic OH excluding ortho intramolecular Hbond substituents is 1. The molecule has 3 fully saturated rings. The van der Waals surface area contributed by atoms with Crippen molar-refractivity contribution in [1.29, 1.82) is 0 Å². The minimum Gasteiger partial charge on any atom is -0.504 e. The lowest BCUT2D eigenvalue weighted by molar-refractivity contribution is -0.381. The molecule has 0 spiro atoms. The van der Waals surface area contributed by atoms with Crippen molar-refractivity contribution in [2.45, 2.75) is 99.4 Å². The normalized spacial score (nSPS) is 34.9. The second-order valence-electron chi connectivity index (χ2n) is 13.3. The maximum atomic E-state index is 13.3. The monoisotopic (exact) mass is 798 g/mol. The first-order valence-corrected chi connectivity index (χ1v) is 17.8. The van der Waals surface area contributed by atoms with E-state index in [9.17, 15) is 45.6 Å². The van der Waals surface area contributed by atoms with Crippen molar-refractivity contribution < 1.29 is 93.0 Å². The van der Waals surface area contributed by atoms with E-state index >= 15 is 0 Å². The van der Waals surface area contributed by atoms with Gasteiger partial charge in [0.15, 0.2) is 48.0 Å². The zero-order valence-electron chi connectivity index (χ0n) is 31.1. The van der Waals surface area contributed by atoms with Crippen LogP contribution in [0.2, 0.25) is 0 Å². The van der Waals surface area contributed by atoms with Crippen LogP contribution in [0.25, 0.3) is 6.08 Å². The van der Waals surface area contributed by atoms with Crippen molar-refractivity contribution in [2.75, 3.05) is 41.2 Å². The molecule has 2 aromatic rings. The van der Waals surface area contributed by atoms with E-state index in [-0.39, 0.29) is 24.5 Å². The molecule has 5 rings (SSSR count). The number of methoxy groups -OCH3 is 3. The fraction of sp³-hybridized carbons (Fsp3) is 0.595. The van der Waals surface area contributed by atoms with Crippen molar-refractivity contribution in [3.63, 3.8) is 0 Å². The van der Waals surface area contributed by atoms with Gasteiger partial charge in [-0.2, -0.15) is 0 Å². The highest BCUT2D eigenvalue weighted by Crippen LogP contribution is 2.34. The number of rotatable bonds is 15.